The van der Waals surface area contributed by atoms with Crippen LogP contribution in [0.2, 0.25) is 0 Å². The second-order valence-corrected chi connectivity index (χ2v) is 8.15. The second kappa shape index (κ2) is 9.92. The number of nitrogens with one attached hydrogen (secondary N) is 2. The number of rotatable bonds is 6. The van der Waals surface area contributed by atoms with Crippen LogP contribution in [0.15, 0.2) is 22.0 Å². The lowest BCUT2D eigenvalue weighted by atomic mass is 9.97. The normalized spacial score (nSPS) is 15.8. The number of amides is 2. The first kappa shape index (κ1) is 22.6. The summed E-state index contributed by atoms with van der Waals surface area (Å²) in [6.07, 6.45) is 5.30. The van der Waals surface area contributed by atoms with Crippen LogP contribution in [0.1, 0.15) is 30.5 Å². The van der Waals surface area contributed by atoms with Gasteiger partial charge < -0.3 is 15.1 Å². The third-order valence-corrected chi connectivity index (χ3v) is 5.99. The molecule has 1 fully saturated rings. The van der Waals surface area contributed by atoms with Gasteiger partial charge in [-0.05, 0) is 25.7 Å². The molecule has 2 amide bonds. The molecule has 2 aliphatic rings. The molecule has 33 heavy (non-hydrogen) atoms. The summed E-state index contributed by atoms with van der Waals surface area (Å²) in [6, 6.07) is 0. The van der Waals surface area contributed by atoms with Crippen LogP contribution in [-0.2, 0) is 29.0 Å². The molecular formula is C21H26FN7O4. The Morgan fingerprint density at radius 3 is 2.48 bits per heavy atom. The van der Waals surface area contributed by atoms with Crippen molar-refractivity contribution >= 4 is 17.8 Å². The lowest BCUT2D eigenvalue weighted by Gasteiger charge is -2.34. The first-order valence-electron chi connectivity index (χ1n) is 11.0. The number of nitrogens with zero attached hydrogens (tertiary/aromatic N) is 5. The van der Waals surface area contributed by atoms with Crippen molar-refractivity contribution in [2.45, 2.75) is 38.6 Å². The van der Waals surface area contributed by atoms with Crippen molar-refractivity contribution < 1.29 is 14.0 Å². The third-order valence-electron chi connectivity index (χ3n) is 5.99. The SMILES string of the molecule is O=C(Cn1c2c(c(=O)[nH]c1=O)CCCC2)NCCC(=O)N1CCN(c2ncc(F)cn2)CC1. The van der Waals surface area contributed by atoms with Crippen molar-refractivity contribution in [2.24, 2.45) is 0 Å². The van der Waals surface area contributed by atoms with Gasteiger partial charge in [0.25, 0.3) is 5.56 Å². The van der Waals surface area contributed by atoms with E-state index in [9.17, 15) is 23.6 Å². The van der Waals surface area contributed by atoms with Gasteiger partial charge in [0.15, 0.2) is 5.82 Å². The quantitative estimate of drug-likeness (QED) is 0.578. The van der Waals surface area contributed by atoms with Crippen LogP contribution in [-0.4, -0.2) is 69.0 Å². The molecule has 4 rings (SSSR count). The Morgan fingerprint density at radius 1 is 1.06 bits per heavy atom. The molecule has 1 aliphatic heterocycles. The Hall–Kier alpha value is -3.57. The molecule has 0 bridgehead atoms. The van der Waals surface area contributed by atoms with Gasteiger partial charge in [-0.15, -0.1) is 0 Å². The molecule has 12 heteroatoms. The number of hydrogen-bond acceptors (Lipinski definition) is 7. The number of piperazine rings is 1. The van der Waals surface area contributed by atoms with Gasteiger partial charge in [0, 0.05) is 50.4 Å². The van der Waals surface area contributed by atoms with Crippen LogP contribution in [0.25, 0.3) is 0 Å². The zero-order valence-corrected chi connectivity index (χ0v) is 18.2. The number of aromatic amines is 1. The molecule has 1 saturated heterocycles. The average molecular weight is 459 g/mol. The summed E-state index contributed by atoms with van der Waals surface area (Å²) >= 11 is 0. The molecule has 2 aromatic heterocycles. The van der Waals surface area contributed by atoms with Crippen LogP contribution in [0.4, 0.5) is 10.3 Å². The number of fused-ring (bicyclic) bond motifs is 1. The number of H-pyrrole nitrogens is 1. The Bertz CT molecular complexity index is 1140. The van der Waals surface area contributed by atoms with E-state index < -0.39 is 11.5 Å². The first-order chi connectivity index (χ1) is 15.9. The largest absolute Gasteiger partial charge is 0.354 e. The third kappa shape index (κ3) is 5.26. The molecule has 0 aromatic carbocycles. The smallest absolute Gasteiger partial charge is 0.329 e. The van der Waals surface area contributed by atoms with Crippen LogP contribution in [0.3, 0.4) is 0 Å². The lowest BCUT2D eigenvalue weighted by Crippen LogP contribution is -2.49. The Morgan fingerprint density at radius 2 is 1.76 bits per heavy atom. The maximum Gasteiger partial charge on any atom is 0.329 e. The summed E-state index contributed by atoms with van der Waals surface area (Å²) in [5.41, 5.74) is 0.246. The monoisotopic (exact) mass is 459 g/mol. The standard InChI is InChI=1S/C21H26FN7O4/c22-14-11-24-20(25-12-14)28-9-7-27(8-10-28)18(31)5-6-23-17(30)13-29-16-4-2-1-3-15(16)19(32)26-21(29)33/h11-12H,1-10,13H2,(H,23,30)(H,26,32,33). The summed E-state index contributed by atoms with van der Waals surface area (Å²) < 4.78 is 14.3. The zero-order valence-electron chi connectivity index (χ0n) is 18.2. The fourth-order valence-corrected chi connectivity index (χ4v) is 4.25. The fourth-order valence-electron chi connectivity index (χ4n) is 4.25. The predicted octanol–water partition coefficient (Wildman–Crippen LogP) is -0.800. The molecule has 0 radical (unpaired) electrons. The molecule has 2 aromatic rings. The Kier molecular flexibility index (Phi) is 6.80. The maximum absolute atomic E-state index is 13.0. The highest BCUT2D eigenvalue weighted by molar-refractivity contribution is 5.79. The topological polar surface area (TPSA) is 133 Å². The summed E-state index contributed by atoms with van der Waals surface area (Å²) in [5, 5.41) is 2.69. The lowest BCUT2D eigenvalue weighted by molar-refractivity contribution is -0.131. The fraction of sp³-hybridized carbons (Fsp3) is 0.524. The Labute approximate surface area is 188 Å². The van der Waals surface area contributed by atoms with E-state index in [1.165, 1.54) is 4.57 Å². The highest BCUT2D eigenvalue weighted by atomic mass is 19.1. The second-order valence-electron chi connectivity index (χ2n) is 8.15. The number of hydrogen-bond donors (Lipinski definition) is 2. The van der Waals surface area contributed by atoms with Crippen molar-refractivity contribution in [3.05, 3.63) is 50.3 Å². The van der Waals surface area contributed by atoms with Crippen LogP contribution >= 0.6 is 0 Å². The van der Waals surface area contributed by atoms with Crippen molar-refractivity contribution in [1.82, 2.24) is 29.7 Å². The van der Waals surface area contributed by atoms with Crippen LogP contribution in [0, 0.1) is 5.82 Å². The van der Waals surface area contributed by atoms with E-state index in [-0.39, 0.29) is 36.9 Å². The number of carbonyl (C=O) groups is 2. The van der Waals surface area contributed by atoms with E-state index in [4.69, 9.17) is 0 Å². The molecule has 0 atom stereocenters. The van der Waals surface area contributed by atoms with Gasteiger partial charge in [0.05, 0.1) is 12.4 Å². The minimum Gasteiger partial charge on any atom is -0.354 e. The minimum atomic E-state index is -0.588. The van der Waals surface area contributed by atoms with Gasteiger partial charge in [0.1, 0.15) is 6.54 Å². The highest BCUT2D eigenvalue weighted by Gasteiger charge is 2.23. The van der Waals surface area contributed by atoms with E-state index in [2.05, 4.69) is 20.3 Å². The molecule has 1 aliphatic carbocycles. The van der Waals surface area contributed by atoms with Gasteiger partial charge in [0.2, 0.25) is 17.8 Å². The minimum absolute atomic E-state index is 0.0893. The van der Waals surface area contributed by atoms with Crippen LogP contribution < -0.4 is 21.5 Å². The zero-order chi connectivity index (χ0) is 23.4. The van der Waals surface area contributed by atoms with E-state index >= 15 is 0 Å². The van der Waals surface area contributed by atoms with Gasteiger partial charge >= 0.3 is 5.69 Å². The number of anilines is 1. The summed E-state index contributed by atoms with van der Waals surface area (Å²) in [6.45, 7) is 1.98. The molecule has 2 N–H and O–H groups in total. The predicted molar refractivity (Wildman–Crippen MR) is 116 cm³/mol. The average Bonchev–Trinajstić information content (AvgIpc) is 2.82. The van der Waals surface area contributed by atoms with Gasteiger partial charge in [-0.1, -0.05) is 0 Å². The summed E-state index contributed by atoms with van der Waals surface area (Å²) in [4.78, 5) is 62.9. The van der Waals surface area contributed by atoms with Crippen LogP contribution in [0.5, 0.6) is 0 Å². The number of carbonyl (C=O) groups excluding carboxylic acids is 2. The number of halogens is 1. The highest BCUT2D eigenvalue weighted by Crippen LogP contribution is 2.16. The van der Waals surface area contributed by atoms with E-state index in [1.807, 2.05) is 4.90 Å². The molecular weight excluding hydrogens is 433 g/mol. The van der Waals surface area contributed by atoms with E-state index in [0.29, 0.717) is 56.2 Å². The van der Waals surface area contributed by atoms with Crippen molar-refractivity contribution in [3.63, 3.8) is 0 Å². The Balaban J connectivity index is 1.24. The molecule has 176 valence electrons. The number of aromatic nitrogens is 4. The molecule has 0 spiro atoms. The van der Waals surface area contributed by atoms with Gasteiger partial charge in [-0.25, -0.2) is 19.2 Å². The molecule has 3 heterocycles. The molecule has 0 saturated carbocycles. The summed E-state index contributed by atoms with van der Waals surface area (Å²) in [7, 11) is 0. The van der Waals surface area contributed by atoms with E-state index in [1.54, 1.807) is 4.90 Å². The van der Waals surface area contributed by atoms with Gasteiger partial charge in [-0.2, -0.15) is 0 Å². The van der Waals surface area contributed by atoms with E-state index in [0.717, 1.165) is 25.2 Å². The first-order valence-corrected chi connectivity index (χ1v) is 11.0. The molecule has 0 unspecified atom stereocenters. The van der Waals surface area contributed by atoms with Gasteiger partial charge in [-0.3, -0.25) is 23.9 Å². The maximum atomic E-state index is 13.0. The van der Waals surface area contributed by atoms with Crippen molar-refractivity contribution in [2.75, 3.05) is 37.6 Å². The van der Waals surface area contributed by atoms with Crippen molar-refractivity contribution in [3.8, 4) is 0 Å². The summed E-state index contributed by atoms with van der Waals surface area (Å²) in [5.74, 6) is -0.549. The molecule has 11 nitrogen and oxygen atoms in total. The van der Waals surface area contributed by atoms with Crippen molar-refractivity contribution in [1.29, 1.82) is 0 Å².